The third kappa shape index (κ3) is 1.86. The molecule has 2 saturated carbocycles. The van der Waals surface area contributed by atoms with Crippen LogP contribution in [-0.2, 0) is 6.54 Å². The lowest BCUT2D eigenvalue weighted by Gasteiger charge is -2.23. The Morgan fingerprint density at radius 2 is 2.31 bits per heavy atom. The Kier molecular flexibility index (Phi) is 2.68. The Bertz CT molecular complexity index is 375. The normalized spacial score (nSPS) is 32.2. The molecule has 1 aromatic rings. The van der Waals surface area contributed by atoms with Gasteiger partial charge in [0.1, 0.15) is 0 Å². The molecule has 0 radical (unpaired) electrons. The Hall–Kier alpha value is -0.890. The highest BCUT2D eigenvalue weighted by atomic mass is 14.9. The van der Waals surface area contributed by atoms with Crippen LogP contribution < -0.4 is 5.32 Å². The molecule has 86 valence electrons. The van der Waals surface area contributed by atoms with Crippen LogP contribution >= 0.6 is 0 Å². The molecule has 0 saturated heterocycles. The SMILES string of the molecule is Cc1ncccc1CNC1CC2CCC1C2. The quantitative estimate of drug-likeness (QED) is 0.840. The van der Waals surface area contributed by atoms with Gasteiger partial charge in [0.15, 0.2) is 0 Å². The van der Waals surface area contributed by atoms with Crippen LogP contribution in [0.4, 0.5) is 0 Å². The molecule has 2 heteroatoms. The van der Waals surface area contributed by atoms with Crippen molar-refractivity contribution >= 4 is 0 Å². The lowest BCUT2D eigenvalue weighted by atomic mass is 9.95. The van der Waals surface area contributed by atoms with Crippen molar-refractivity contribution in [1.82, 2.24) is 10.3 Å². The van der Waals surface area contributed by atoms with Crippen molar-refractivity contribution in [3.05, 3.63) is 29.6 Å². The number of aromatic nitrogens is 1. The lowest BCUT2D eigenvalue weighted by molar-refractivity contribution is 0.350. The Balaban J connectivity index is 1.59. The number of hydrogen-bond acceptors (Lipinski definition) is 2. The molecule has 3 atom stereocenters. The van der Waals surface area contributed by atoms with Gasteiger partial charge in [-0.3, -0.25) is 4.98 Å². The fraction of sp³-hybridized carbons (Fsp3) is 0.643. The molecule has 1 aromatic heterocycles. The van der Waals surface area contributed by atoms with Gasteiger partial charge in [-0.1, -0.05) is 12.5 Å². The summed E-state index contributed by atoms with van der Waals surface area (Å²) in [5.74, 6) is 1.99. The highest BCUT2D eigenvalue weighted by Gasteiger charge is 2.38. The minimum atomic E-state index is 0.776. The molecule has 2 nitrogen and oxygen atoms in total. The second-order valence-corrected chi connectivity index (χ2v) is 5.41. The molecule has 0 spiro atoms. The summed E-state index contributed by atoms with van der Waals surface area (Å²) in [7, 11) is 0. The molecule has 0 aromatic carbocycles. The smallest absolute Gasteiger partial charge is 0.0417 e. The molecule has 3 unspecified atom stereocenters. The van der Waals surface area contributed by atoms with Crippen LogP contribution in [0.5, 0.6) is 0 Å². The Morgan fingerprint density at radius 3 is 3.00 bits per heavy atom. The number of aryl methyl sites for hydroxylation is 1. The number of nitrogens with zero attached hydrogens (tertiary/aromatic N) is 1. The predicted molar refractivity (Wildman–Crippen MR) is 65.0 cm³/mol. The van der Waals surface area contributed by atoms with E-state index in [9.17, 15) is 0 Å². The van der Waals surface area contributed by atoms with E-state index < -0.39 is 0 Å². The number of nitrogens with one attached hydrogen (secondary N) is 1. The van der Waals surface area contributed by atoms with Gasteiger partial charge < -0.3 is 5.32 Å². The van der Waals surface area contributed by atoms with Gasteiger partial charge in [-0.05, 0) is 49.7 Å². The fourth-order valence-electron chi connectivity index (χ4n) is 3.44. The third-order valence-electron chi connectivity index (χ3n) is 4.41. The summed E-state index contributed by atoms with van der Waals surface area (Å²) in [6.07, 6.45) is 7.69. The monoisotopic (exact) mass is 216 g/mol. The van der Waals surface area contributed by atoms with Crippen LogP contribution in [0.2, 0.25) is 0 Å². The summed E-state index contributed by atoms with van der Waals surface area (Å²) in [6, 6.07) is 4.99. The van der Waals surface area contributed by atoms with Gasteiger partial charge in [0.05, 0.1) is 0 Å². The third-order valence-corrected chi connectivity index (χ3v) is 4.41. The number of hydrogen-bond donors (Lipinski definition) is 1. The molecule has 0 amide bonds. The zero-order valence-electron chi connectivity index (χ0n) is 9.95. The number of pyridine rings is 1. The van der Waals surface area contributed by atoms with Gasteiger partial charge in [-0.25, -0.2) is 0 Å². The molecule has 2 aliphatic rings. The summed E-state index contributed by atoms with van der Waals surface area (Å²) in [5.41, 5.74) is 2.52. The molecule has 3 rings (SSSR count). The van der Waals surface area contributed by atoms with Crippen LogP contribution in [0.1, 0.15) is 36.9 Å². The van der Waals surface area contributed by atoms with E-state index in [0.29, 0.717) is 0 Å². The van der Waals surface area contributed by atoms with Crippen molar-refractivity contribution in [2.75, 3.05) is 0 Å². The van der Waals surface area contributed by atoms with E-state index in [1.165, 1.54) is 31.2 Å². The van der Waals surface area contributed by atoms with Crippen molar-refractivity contribution in [3.63, 3.8) is 0 Å². The first-order valence-electron chi connectivity index (χ1n) is 6.47. The highest BCUT2D eigenvalue weighted by Crippen LogP contribution is 2.44. The van der Waals surface area contributed by atoms with Crippen molar-refractivity contribution < 1.29 is 0 Å². The van der Waals surface area contributed by atoms with Crippen LogP contribution in [-0.4, -0.2) is 11.0 Å². The van der Waals surface area contributed by atoms with Gasteiger partial charge in [-0.2, -0.15) is 0 Å². The maximum absolute atomic E-state index is 4.33. The van der Waals surface area contributed by atoms with Gasteiger partial charge >= 0.3 is 0 Å². The topological polar surface area (TPSA) is 24.9 Å². The van der Waals surface area contributed by atoms with E-state index in [2.05, 4.69) is 23.3 Å². The maximum atomic E-state index is 4.33. The Labute approximate surface area is 97.5 Å². The van der Waals surface area contributed by atoms with Crippen LogP contribution in [0, 0.1) is 18.8 Å². The molecular weight excluding hydrogens is 196 g/mol. The highest BCUT2D eigenvalue weighted by molar-refractivity contribution is 5.18. The fourth-order valence-corrected chi connectivity index (χ4v) is 3.44. The number of rotatable bonds is 3. The van der Waals surface area contributed by atoms with E-state index in [4.69, 9.17) is 0 Å². The largest absolute Gasteiger partial charge is 0.310 e. The van der Waals surface area contributed by atoms with E-state index >= 15 is 0 Å². The average Bonchev–Trinajstić information content (AvgIpc) is 2.90. The summed E-state index contributed by atoms with van der Waals surface area (Å²) in [5, 5.41) is 3.73. The average molecular weight is 216 g/mol. The van der Waals surface area contributed by atoms with Crippen molar-refractivity contribution in [1.29, 1.82) is 0 Å². The van der Waals surface area contributed by atoms with Gasteiger partial charge in [0.25, 0.3) is 0 Å². The molecule has 2 bridgehead atoms. The van der Waals surface area contributed by atoms with Gasteiger partial charge in [0.2, 0.25) is 0 Å². The second-order valence-electron chi connectivity index (χ2n) is 5.41. The Morgan fingerprint density at radius 1 is 1.38 bits per heavy atom. The van der Waals surface area contributed by atoms with Gasteiger partial charge in [0, 0.05) is 24.5 Å². The standard InChI is InChI=1S/C14H20N2/c1-10-13(3-2-6-15-10)9-16-14-8-11-4-5-12(14)7-11/h2-3,6,11-12,14,16H,4-5,7-9H2,1H3. The predicted octanol–water partition coefficient (Wildman–Crippen LogP) is 2.67. The van der Waals surface area contributed by atoms with E-state index in [1.807, 2.05) is 12.3 Å². The summed E-state index contributed by atoms with van der Waals surface area (Å²) in [4.78, 5) is 4.33. The van der Waals surface area contributed by atoms with Crippen LogP contribution in [0.3, 0.4) is 0 Å². The minimum Gasteiger partial charge on any atom is -0.310 e. The minimum absolute atomic E-state index is 0.776. The zero-order valence-corrected chi connectivity index (χ0v) is 9.95. The first-order valence-corrected chi connectivity index (χ1v) is 6.47. The first kappa shape index (κ1) is 10.3. The van der Waals surface area contributed by atoms with Crippen LogP contribution in [0.25, 0.3) is 0 Å². The molecule has 2 fully saturated rings. The molecule has 16 heavy (non-hydrogen) atoms. The summed E-state index contributed by atoms with van der Waals surface area (Å²) < 4.78 is 0. The van der Waals surface area contributed by atoms with E-state index in [1.54, 1.807) is 0 Å². The maximum Gasteiger partial charge on any atom is 0.0417 e. The first-order chi connectivity index (χ1) is 7.83. The van der Waals surface area contributed by atoms with E-state index in [0.717, 1.165) is 30.1 Å². The molecule has 1 N–H and O–H groups in total. The molecule has 2 aliphatic carbocycles. The van der Waals surface area contributed by atoms with Crippen molar-refractivity contribution in [3.8, 4) is 0 Å². The summed E-state index contributed by atoms with van der Waals surface area (Å²) >= 11 is 0. The second kappa shape index (κ2) is 4.17. The van der Waals surface area contributed by atoms with E-state index in [-0.39, 0.29) is 0 Å². The molecular formula is C14H20N2. The molecule has 0 aliphatic heterocycles. The zero-order chi connectivity index (χ0) is 11.0. The van der Waals surface area contributed by atoms with Gasteiger partial charge in [-0.15, -0.1) is 0 Å². The molecule has 1 heterocycles. The number of fused-ring (bicyclic) bond motifs is 2. The summed E-state index contributed by atoms with van der Waals surface area (Å²) in [6.45, 7) is 3.09. The van der Waals surface area contributed by atoms with Crippen LogP contribution in [0.15, 0.2) is 18.3 Å². The lowest BCUT2D eigenvalue weighted by Crippen LogP contribution is -2.33. The van der Waals surface area contributed by atoms with Crippen molar-refractivity contribution in [2.45, 2.75) is 45.2 Å². The van der Waals surface area contributed by atoms with Crippen molar-refractivity contribution in [2.24, 2.45) is 11.8 Å².